The molecule has 1 aromatic heterocycles. The predicted octanol–water partition coefficient (Wildman–Crippen LogP) is 2.88. The van der Waals surface area contributed by atoms with Crippen molar-refractivity contribution in [2.24, 2.45) is 12.0 Å². The third-order valence-corrected chi connectivity index (χ3v) is 6.42. The summed E-state index contributed by atoms with van der Waals surface area (Å²) in [4.78, 5) is 10.0. The van der Waals surface area contributed by atoms with Crippen molar-refractivity contribution >= 4 is 29.9 Å². The first-order chi connectivity index (χ1) is 15.7. The molecule has 182 valence electrons. The molecule has 2 aliphatic heterocycles. The summed E-state index contributed by atoms with van der Waals surface area (Å²) in [6.07, 6.45) is 5.26. The molecule has 0 bridgehead atoms. The highest BCUT2D eigenvalue weighted by atomic mass is 127. The fourth-order valence-corrected chi connectivity index (χ4v) is 4.62. The van der Waals surface area contributed by atoms with Crippen LogP contribution in [0.2, 0.25) is 0 Å². The van der Waals surface area contributed by atoms with Crippen LogP contribution in [-0.2, 0) is 11.8 Å². The molecule has 2 atom stereocenters. The summed E-state index contributed by atoms with van der Waals surface area (Å²) >= 11 is 0. The summed E-state index contributed by atoms with van der Waals surface area (Å²) in [5, 5.41) is 7.87. The van der Waals surface area contributed by atoms with Gasteiger partial charge in [0.05, 0.1) is 39.1 Å². The van der Waals surface area contributed by atoms with Gasteiger partial charge in [0.2, 0.25) is 0 Å². The van der Waals surface area contributed by atoms with Gasteiger partial charge in [0.1, 0.15) is 5.75 Å². The lowest BCUT2D eigenvalue weighted by Crippen LogP contribution is -2.42. The Labute approximate surface area is 214 Å². The van der Waals surface area contributed by atoms with E-state index < -0.39 is 0 Å². The highest BCUT2D eigenvalue weighted by Crippen LogP contribution is 2.28. The number of methoxy groups -OCH3 is 1. The van der Waals surface area contributed by atoms with Crippen LogP contribution >= 0.6 is 24.0 Å². The minimum atomic E-state index is 0. The number of likely N-dealkylation sites (tertiary alicyclic amines) is 1. The Morgan fingerprint density at radius 2 is 2.00 bits per heavy atom. The van der Waals surface area contributed by atoms with Crippen LogP contribution in [0.5, 0.6) is 5.75 Å². The van der Waals surface area contributed by atoms with Gasteiger partial charge in [0, 0.05) is 51.9 Å². The van der Waals surface area contributed by atoms with Crippen molar-refractivity contribution < 1.29 is 9.47 Å². The number of hydrogen-bond donors (Lipinski definition) is 1. The van der Waals surface area contributed by atoms with Crippen LogP contribution < -0.4 is 10.1 Å². The van der Waals surface area contributed by atoms with Gasteiger partial charge in [-0.25, -0.2) is 0 Å². The second kappa shape index (κ2) is 12.6. The third-order valence-electron chi connectivity index (χ3n) is 6.42. The quantitative estimate of drug-likeness (QED) is 0.315. The Kier molecular flexibility index (Phi) is 9.81. The van der Waals surface area contributed by atoms with Crippen molar-refractivity contribution in [2.75, 3.05) is 59.6 Å². The van der Waals surface area contributed by atoms with E-state index in [0.29, 0.717) is 12.5 Å². The zero-order valence-electron chi connectivity index (χ0n) is 19.9. The molecule has 0 saturated carbocycles. The minimum absolute atomic E-state index is 0. The number of ether oxygens (including phenoxy) is 2. The summed E-state index contributed by atoms with van der Waals surface area (Å²) in [7, 11) is 3.68. The van der Waals surface area contributed by atoms with Crippen molar-refractivity contribution in [2.45, 2.75) is 25.3 Å². The molecule has 2 fully saturated rings. The number of aromatic nitrogens is 2. The van der Waals surface area contributed by atoms with E-state index in [9.17, 15) is 0 Å². The van der Waals surface area contributed by atoms with Crippen LogP contribution in [0, 0.1) is 0 Å². The largest absolute Gasteiger partial charge is 0.497 e. The molecule has 0 radical (unpaired) electrons. The zero-order chi connectivity index (χ0) is 22.3. The number of guanidine groups is 1. The minimum Gasteiger partial charge on any atom is -0.497 e. The van der Waals surface area contributed by atoms with Crippen molar-refractivity contribution in [1.29, 1.82) is 0 Å². The average molecular weight is 569 g/mol. The van der Waals surface area contributed by atoms with Gasteiger partial charge in [-0.1, -0.05) is 12.1 Å². The van der Waals surface area contributed by atoms with Gasteiger partial charge in [-0.15, -0.1) is 24.0 Å². The van der Waals surface area contributed by atoms with E-state index >= 15 is 0 Å². The van der Waals surface area contributed by atoms with Gasteiger partial charge in [-0.05, 0) is 36.6 Å². The van der Waals surface area contributed by atoms with Gasteiger partial charge in [-0.2, -0.15) is 5.10 Å². The van der Waals surface area contributed by atoms with E-state index in [1.807, 2.05) is 30.1 Å². The molecular weight excluding hydrogens is 531 g/mol. The van der Waals surface area contributed by atoms with E-state index in [-0.39, 0.29) is 30.0 Å². The fraction of sp³-hybridized carbons (Fsp3) is 0.583. The Bertz CT molecular complexity index is 881. The lowest BCUT2D eigenvalue weighted by molar-refractivity contribution is 0.0179. The van der Waals surface area contributed by atoms with Crippen molar-refractivity contribution in [1.82, 2.24) is 24.9 Å². The molecule has 0 amide bonds. The molecule has 9 heteroatoms. The second-order valence-corrected chi connectivity index (χ2v) is 8.51. The first-order valence-corrected chi connectivity index (χ1v) is 11.7. The maximum Gasteiger partial charge on any atom is 0.194 e. The van der Waals surface area contributed by atoms with E-state index in [2.05, 4.69) is 45.5 Å². The van der Waals surface area contributed by atoms with Crippen LogP contribution in [0.3, 0.4) is 0 Å². The number of benzene rings is 1. The molecule has 2 aromatic rings. The summed E-state index contributed by atoms with van der Waals surface area (Å²) in [5.74, 6) is 2.39. The maximum absolute atomic E-state index is 5.60. The molecule has 2 unspecified atom stereocenters. The molecule has 0 spiro atoms. The fourth-order valence-electron chi connectivity index (χ4n) is 4.62. The van der Waals surface area contributed by atoms with Crippen LogP contribution in [0.1, 0.15) is 36.4 Å². The van der Waals surface area contributed by atoms with Gasteiger partial charge in [0.15, 0.2) is 5.96 Å². The number of aryl methyl sites for hydroxylation is 1. The molecule has 0 aliphatic carbocycles. The lowest BCUT2D eigenvalue weighted by Gasteiger charge is -2.34. The van der Waals surface area contributed by atoms with Crippen molar-refractivity contribution in [3.05, 3.63) is 47.8 Å². The smallest absolute Gasteiger partial charge is 0.194 e. The molecule has 2 saturated heterocycles. The van der Waals surface area contributed by atoms with E-state index in [4.69, 9.17) is 14.5 Å². The Morgan fingerprint density at radius 3 is 2.64 bits per heavy atom. The van der Waals surface area contributed by atoms with Gasteiger partial charge >= 0.3 is 0 Å². The predicted molar refractivity (Wildman–Crippen MR) is 142 cm³/mol. The van der Waals surface area contributed by atoms with Crippen LogP contribution in [0.25, 0.3) is 0 Å². The second-order valence-electron chi connectivity index (χ2n) is 8.51. The molecule has 2 aliphatic rings. The van der Waals surface area contributed by atoms with Crippen LogP contribution in [0.15, 0.2) is 41.7 Å². The summed E-state index contributed by atoms with van der Waals surface area (Å²) in [5.41, 5.74) is 2.58. The van der Waals surface area contributed by atoms with Gasteiger partial charge < -0.3 is 19.7 Å². The summed E-state index contributed by atoms with van der Waals surface area (Å²) in [6, 6.07) is 8.62. The maximum atomic E-state index is 5.60. The molecule has 3 heterocycles. The highest BCUT2D eigenvalue weighted by molar-refractivity contribution is 14.0. The average Bonchev–Trinajstić information content (AvgIpc) is 3.49. The monoisotopic (exact) mass is 568 g/mol. The number of halogens is 1. The van der Waals surface area contributed by atoms with E-state index in [1.165, 1.54) is 11.1 Å². The normalized spacial score (nSPS) is 20.4. The molecule has 1 aromatic carbocycles. The Morgan fingerprint density at radius 1 is 1.24 bits per heavy atom. The highest BCUT2D eigenvalue weighted by Gasteiger charge is 2.28. The Hall–Kier alpha value is -1.85. The topological polar surface area (TPSA) is 67.2 Å². The van der Waals surface area contributed by atoms with Gasteiger partial charge in [-0.3, -0.25) is 14.6 Å². The lowest BCUT2D eigenvalue weighted by atomic mass is 10.0. The summed E-state index contributed by atoms with van der Waals surface area (Å²) < 4.78 is 12.8. The van der Waals surface area contributed by atoms with Crippen LogP contribution in [0.4, 0.5) is 0 Å². The molecule has 33 heavy (non-hydrogen) atoms. The number of nitrogens with one attached hydrogen (secondary N) is 1. The first kappa shape index (κ1) is 25.8. The summed E-state index contributed by atoms with van der Waals surface area (Å²) in [6.45, 7) is 9.09. The SMILES string of the molecule is CCNC(=NCC(c1ccc(OC)cc1)N1CCOCC1)N1CCC(c2cnn(C)c2)C1.I. The third kappa shape index (κ3) is 6.60. The number of rotatable bonds is 7. The first-order valence-electron chi connectivity index (χ1n) is 11.7. The number of morpholine rings is 1. The van der Waals surface area contributed by atoms with Crippen LogP contribution in [-0.4, -0.2) is 85.1 Å². The molecule has 1 N–H and O–H groups in total. The van der Waals surface area contributed by atoms with Crippen molar-refractivity contribution in [3.8, 4) is 5.75 Å². The zero-order valence-corrected chi connectivity index (χ0v) is 22.3. The van der Waals surface area contributed by atoms with E-state index in [1.54, 1.807) is 7.11 Å². The molecular formula is C24H37IN6O2. The number of nitrogens with zero attached hydrogens (tertiary/aromatic N) is 5. The Balaban J connectivity index is 0.00000306. The van der Waals surface area contributed by atoms with Crippen molar-refractivity contribution in [3.63, 3.8) is 0 Å². The molecule has 8 nitrogen and oxygen atoms in total. The number of hydrogen-bond acceptors (Lipinski definition) is 5. The molecule has 4 rings (SSSR count). The standard InChI is InChI=1S/C24H36N6O2.HI/c1-4-25-24(30-10-9-20(18-30)21-15-27-28(2)17-21)26-16-23(29-11-13-32-14-12-29)19-5-7-22(31-3)8-6-19;/h5-8,15,17,20,23H,4,9-14,16,18H2,1-3H3,(H,25,26);1H. The van der Waals surface area contributed by atoms with E-state index in [0.717, 1.165) is 64.1 Å². The number of aliphatic imine (C=N–C) groups is 1. The van der Waals surface area contributed by atoms with Gasteiger partial charge in [0.25, 0.3) is 0 Å².